The van der Waals surface area contributed by atoms with Crippen molar-refractivity contribution in [2.75, 3.05) is 31.1 Å². The molecule has 0 bridgehead atoms. The molecule has 0 radical (unpaired) electrons. The fourth-order valence-electron chi connectivity index (χ4n) is 3.39. The van der Waals surface area contributed by atoms with Crippen molar-refractivity contribution in [2.45, 2.75) is 26.2 Å². The highest BCUT2D eigenvalue weighted by atomic mass is 16.2. The summed E-state index contributed by atoms with van der Waals surface area (Å²) in [4.78, 5) is 18.6. The van der Waals surface area contributed by atoms with Crippen LogP contribution in [-0.2, 0) is 6.42 Å². The first-order valence-corrected chi connectivity index (χ1v) is 9.44. The van der Waals surface area contributed by atoms with Gasteiger partial charge in [0.1, 0.15) is 0 Å². The van der Waals surface area contributed by atoms with Crippen molar-refractivity contribution in [2.24, 2.45) is 5.92 Å². The molecule has 0 spiro atoms. The van der Waals surface area contributed by atoms with Gasteiger partial charge in [0.2, 0.25) is 0 Å². The molecule has 1 aromatic heterocycles. The molecule has 2 aromatic rings. The predicted molar refractivity (Wildman–Crippen MR) is 105 cm³/mol. The van der Waals surface area contributed by atoms with E-state index in [0.29, 0.717) is 12.5 Å². The van der Waals surface area contributed by atoms with E-state index in [1.54, 1.807) is 0 Å². The summed E-state index contributed by atoms with van der Waals surface area (Å²) in [5.74, 6) is 0.550. The Morgan fingerprint density at radius 2 is 1.92 bits per heavy atom. The summed E-state index contributed by atoms with van der Waals surface area (Å²) >= 11 is 0. The van der Waals surface area contributed by atoms with Crippen molar-refractivity contribution < 1.29 is 4.79 Å². The molecule has 1 saturated heterocycles. The van der Waals surface area contributed by atoms with Gasteiger partial charge in [-0.1, -0.05) is 30.3 Å². The molecule has 1 aliphatic rings. The highest BCUT2D eigenvalue weighted by Gasteiger charge is 2.20. The molecular formula is C21H28N4O. The van der Waals surface area contributed by atoms with Gasteiger partial charge < -0.3 is 15.5 Å². The van der Waals surface area contributed by atoms with Crippen molar-refractivity contribution in [3.05, 3.63) is 59.9 Å². The molecular weight excluding hydrogens is 324 g/mol. The molecule has 2 heterocycles. The summed E-state index contributed by atoms with van der Waals surface area (Å²) in [5.41, 5.74) is 3.55. The minimum atomic E-state index is -0.0619. The molecule has 5 nitrogen and oxygen atoms in total. The Kier molecular flexibility index (Phi) is 6.47. The fraction of sp³-hybridized carbons (Fsp3) is 0.429. The van der Waals surface area contributed by atoms with Crippen LogP contribution in [0, 0.1) is 12.8 Å². The zero-order valence-corrected chi connectivity index (χ0v) is 15.4. The van der Waals surface area contributed by atoms with Crippen molar-refractivity contribution in [1.29, 1.82) is 0 Å². The van der Waals surface area contributed by atoms with Crippen LogP contribution in [0.25, 0.3) is 0 Å². The van der Waals surface area contributed by atoms with E-state index < -0.39 is 0 Å². The smallest absolute Gasteiger partial charge is 0.314 e. The van der Waals surface area contributed by atoms with Crippen molar-refractivity contribution in [3.8, 4) is 0 Å². The molecule has 138 valence electrons. The van der Waals surface area contributed by atoms with Crippen molar-refractivity contribution in [3.63, 3.8) is 0 Å². The van der Waals surface area contributed by atoms with E-state index in [0.717, 1.165) is 44.6 Å². The lowest BCUT2D eigenvalue weighted by Crippen LogP contribution is -2.42. The number of carbonyl (C=O) groups is 1. The standard InChI is InChI=1S/C21H28N4O/c1-17-15-20(8-12-22-17)25-13-9-19(10-14-25)16-24-21(26)23-11-7-18-5-3-2-4-6-18/h2-6,8,12,15,19H,7,9-11,13-14,16H2,1H3,(H2,23,24,26). The topological polar surface area (TPSA) is 57.3 Å². The zero-order chi connectivity index (χ0) is 18.2. The van der Waals surface area contributed by atoms with E-state index in [1.807, 2.05) is 31.3 Å². The normalized spacial score (nSPS) is 14.9. The molecule has 26 heavy (non-hydrogen) atoms. The number of nitrogens with zero attached hydrogens (tertiary/aromatic N) is 2. The predicted octanol–water partition coefficient (Wildman–Crippen LogP) is 3.15. The number of nitrogens with one attached hydrogen (secondary N) is 2. The van der Waals surface area contributed by atoms with Crippen LogP contribution < -0.4 is 15.5 Å². The van der Waals surface area contributed by atoms with Crippen LogP contribution in [-0.4, -0.2) is 37.2 Å². The first kappa shape index (κ1) is 18.2. The van der Waals surface area contributed by atoms with Crippen LogP contribution in [0.1, 0.15) is 24.1 Å². The molecule has 1 aliphatic heterocycles. The number of pyridine rings is 1. The Morgan fingerprint density at radius 1 is 1.15 bits per heavy atom. The van der Waals surface area contributed by atoms with Crippen molar-refractivity contribution in [1.82, 2.24) is 15.6 Å². The number of carbonyl (C=O) groups excluding carboxylic acids is 1. The average molecular weight is 352 g/mol. The van der Waals surface area contributed by atoms with Gasteiger partial charge in [-0.15, -0.1) is 0 Å². The highest BCUT2D eigenvalue weighted by Crippen LogP contribution is 2.22. The van der Waals surface area contributed by atoms with E-state index in [4.69, 9.17) is 0 Å². The quantitative estimate of drug-likeness (QED) is 0.840. The maximum atomic E-state index is 12.0. The van der Waals surface area contributed by atoms with Gasteiger partial charge >= 0.3 is 6.03 Å². The van der Waals surface area contributed by atoms with Crippen LogP contribution in [0.5, 0.6) is 0 Å². The number of urea groups is 1. The monoisotopic (exact) mass is 352 g/mol. The molecule has 1 fully saturated rings. The number of aryl methyl sites for hydroxylation is 1. The second-order valence-electron chi connectivity index (χ2n) is 6.96. The summed E-state index contributed by atoms with van der Waals surface area (Å²) in [6.45, 7) is 5.50. The minimum absolute atomic E-state index is 0.0619. The number of aromatic nitrogens is 1. The molecule has 0 aliphatic carbocycles. The molecule has 0 saturated carbocycles. The van der Waals surface area contributed by atoms with Gasteiger partial charge in [-0.05, 0) is 49.8 Å². The third-order valence-corrected chi connectivity index (χ3v) is 4.95. The molecule has 2 amide bonds. The summed E-state index contributed by atoms with van der Waals surface area (Å²) in [5, 5.41) is 5.97. The lowest BCUT2D eigenvalue weighted by Gasteiger charge is -2.33. The molecule has 0 atom stereocenters. The Hall–Kier alpha value is -2.56. The number of amides is 2. The Labute approximate surface area is 155 Å². The summed E-state index contributed by atoms with van der Waals surface area (Å²) < 4.78 is 0. The molecule has 5 heteroatoms. The maximum Gasteiger partial charge on any atom is 0.314 e. The van der Waals surface area contributed by atoms with Crippen LogP contribution in [0.15, 0.2) is 48.7 Å². The van der Waals surface area contributed by atoms with E-state index in [-0.39, 0.29) is 6.03 Å². The lowest BCUT2D eigenvalue weighted by molar-refractivity contribution is 0.237. The lowest BCUT2D eigenvalue weighted by atomic mass is 9.96. The van der Waals surface area contributed by atoms with Gasteiger partial charge in [-0.3, -0.25) is 4.98 Å². The summed E-state index contributed by atoms with van der Waals surface area (Å²) in [6.07, 6.45) is 4.94. The van der Waals surface area contributed by atoms with Gasteiger partial charge in [0.15, 0.2) is 0 Å². The summed E-state index contributed by atoms with van der Waals surface area (Å²) in [6, 6.07) is 14.4. The minimum Gasteiger partial charge on any atom is -0.371 e. The van der Waals surface area contributed by atoms with Crippen LogP contribution in [0.2, 0.25) is 0 Å². The van der Waals surface area contributed by atoms with E-state index in [9.17, 15) is 4.79 Å². The number of hydrogen-bond acceptors (Lipinski definition) is 3. The number of benzene rings is 1. The third-order valence-electron chi connectivity index (χ3n) is 4.95. The third kappa shape index (κ3) is 5.48. The summed E-state index contributed by atoms with van der Waals surface area (Å²) in [7, 11) is 0. The second-order valence-corrected chi connectivity index (χ2v) is 6.96. The number of rotatable bonds is 6. The molecule has 1 aromatic carbocycles. The Bertz CT molecular complexity index is 696. The zero-order valence-electron chi connectivity index (χ0n) is 15.4. The molecule has 0 unspecified atom stereocenters. The van der Waals surface area contributed by atoms with Crippen molar-refractivity contribution >= 4 is 11.7 Å². The highest BCUT2D eigenvalue weighted by molar-refractivity contribution is 5.73. The second kappa shape index (κ2) is 9.22. The largest absolute Gasteiger partial charge is 0.371 e. The van der Waals surface area contributed by atoms with E-state index >= 15 is 0 Å². The Balaban J connectivity index is 1.32. The SMILES string of the molecule is Cc1cc(N2CCC(CNC(=O)NCCc3ccccc3)CC2)ccn1. The van der Waals surface area contributed by atoms with Crippen LogP contribution in [0.4, 0.5) is 10.5 Å². The van der Waals surface area contributed by atoms with E-state index in [1.165, 1.54) is 11.3 Å². The number of anilines is 1. The van der Waals surface area contributed by atoms with Gasteiger partial charge in [0.05, 0.1) is 0 Å². The first-order valence-electron chi connectivity index (χ1n) is 9.44. The van der Waals surface area contributed by atoms with Gasteiger partial charge in [-0.2, -0.15) is 0 Å². The number of hydrogen-bond donors (Lipinski definition) is 2. The number of piperidine rings is 1. The molecule has 2 N–H and O–H groups in total. The maximum absolute atomic E-state index is 12.0. The first-order chi connectivity index (χ1) is 12.7. The van der Waals surface area contributed by atoms with E-state index in [2.05, 4.69) is 44.8 Å². The fourth-order valence-corrected chi connectivity index (χ4v) is 3.39. The van der Waals surface area contributed by atoms with Crippen LogP contribution >= 0.6 is 0 Å². The van der Waals surface area contributed by atoms with Gasteiger partial charge in [0.25, 0.3) is 0 Å². The average Bonchev–Trinajstić information content (AvgIpc) is 2.68. The van der Waals surface area contributed by atoms with Gasteiger partial charge in [-0.25, -0.2) is 4.79 Å². The van der Waals surface area contributed by atoms with Crippen LogP contribution in [0.3, 0.4) is 0 Å². The Morgan fingerprint density at radius 3 is 2.65 bits per heavy atom. The molecule has 3 rings (SSSR count). The van der Waals surface area contributed by atoms with Gasteiger partial charge in [0, 0.05) is 43.8 Å².